The second-order valence-electron chi connectivity index (χ2n) is 5.23. The van der Waals surface area contributed by atoms with Crippen LogP contribution < -0.4 is 10.1 Å². The standard InChI is InChI=1S/C18H23NO/c1-14-10-15(2)12-18(11-14)20-13-17-7-5-4-6-16(17)8-9-19-3/h4-7,10-12,19H,8-9,13H2,1-3H3. The smallest absolute Gasteiger partial charge is 0.120 e. The second kappa shape index (κ2) is 7.11. The normalized spacial score (nSPS) is 10.6. The van der Waals surface area contributed by atoms with Crippen LogP contribution in [0.5, 0.6) is 5.75 Å². The largest absolute Gasteiger partial charge is 0.489 e. The molecule has 0 bridgehead atoms. The van der Waals surface area contributed by atoms with Crippen molar-refractivity contribution in [1.29, 1.82) is 0 Å². The molecule has 0 saturated carbocycles. The van der Waals surface area contributed by atoms with Gasteiger partial charge in [0.05, 0.1) is 0 Å². The Balaban J connectivity index is 2.06. The molecular formula is C18H23NO. The molecule has 0 aliphatic heterocycles. The summed E-state index contributed by atoms with van der Waals surface area (Å²) in [7, 11) is 1.98. The Bertz CT molecular complexity index is 543. The molecule has 0 aliphatic rings. The Morgan fingerprint density at radius 3 is 2.25 bits per heavy atom. The average Bonchev–Trinajstić information content (AvgIpc) is 2.43. The van der Waals surface area contributed by atoms with Gasteiger partial charge in [0.25, 0.3) is 0 Å². The number of nitrogens with one attached hydrogen (secondary N) is 1. The maximum atomic E-state index is 5.95. The van der Waals surface area contributed by atoms with E-state index in [4.69, 9.17) is 4.74 Å². The van der Waals surface area contributed by atoms with E-state index >= 15 is 0 Å². The summed E-state index contributed by atoms with van der Waals surface area (Å²) < 4.78 is 5.95. The van der Waals surface area contributed by atoms with Crippen LogP contribution in [0, 0.1) is 13.8 Å². The third-order valence-electron chi connectivity index (χ3n) is 3.35. The molecule has 0 aromatic heterocycles. The van der Waals surface area contributed by atoms with Crippen LogP contribution in [-0.2, 0) is 13.0 Å². The van der Waals surface area contributed by atoms with E-state index < -0.39 is 0 Å². The van der Waals surface area contributed by atoms with Crippen LogP contribution in [-0.4, -0.2) is 13.6 Å². The van der Waals surface area contributed by atoms with Gasteiger partial charge in [0.15, 0.2) is 0 Å². The van der Waals surface area contributed by atoms with Gasteiger partial charge >= 0.3 is 0 Å². The molecule has 2 rings (SSSR count). The highest BCUT2D eigenvalue weighted by molar-refractivity contribution is 5.34. The maximum absolute atomic E-state index is 5.95. The summed E-state index contributed by atoms with van der Waals surface area (Å²) >= 11 is 0. The van der Waals surface area contributed by atoms with E-state index in [0.29, 0.717) is 6.61 Å². The Labute approximate surface area is 121 Å². The lowest BCUT2D eigenvalue weighted by Crippen LogP contribution is -2.12. The van der Waals surface area contributed by atoms with Crippen LogP contribution >= 0.6 is 0 Å². The van der Waals surface area contributed by atoms with Crippen molar-refractivity contribution in [3.05, 3.63) is 64.7 Å². The summed E-state index contributed by atoms with van der Waals surface area (Å²) in [6, 6.07) is 14.8. The summed E-state index contributed by atoms with van der Waals surface area (Å²) in [5, 5.41) is 3.19. The van der Waals surface area contributed by atoms with Gasteiger partial charge in [-0.05, 0) is 68.2 Å². The summed E-state index contributed by atoms with van der Waals surface area (Å²) in [6.45, 7) is 5.81. The molecule has 2 heteroatoms. The molecule has 0 saturated heterocycles. The van der Waals surface area contributed by atoms with Crippen LogP contribution in [0.1, 0.15) is 22.3 Å². The molecule has 0 spiro atoms. The molecule has 0 radical (unpaired) electrons. The SMILES string of the molecule is CNCCc1ccccc1COc1cc(C)cc(C)c1. The van der Waals surface area contributed by atoms with Crippen molar-refractivity contribution in [3.63, 3.8) is 0 Å². The van der Waals surface area contributed by atoms with Crippen molar-refractivity contribution in [3.8, 4) is 5.75 Å². The highest BCUT2D eigenvalue weighted by atomic mass is 16.5. The second-order valence-corrected chi connectivity index (χ2v) is 5.23. The molecule has 0 aliphatic carbocycles. The molecule has 0 unspecified atom stereocenters. The molecule has 20 heavy (non-hydrogen) atoms. The predicted molar refractivity (Wildman–Crippen MR) is 84.3 cm³/mol. The number of rotatable bonds is 6. The van der Waals surface area contributed by atoms with Crippen molar-refractivity contribution in [2.75, 3.05) is 13.6 Å². The molecule has 0 fully saturated rings. The van der Waals surface area contributed by atoms with Gasteiger partial charge in [-0.1, -0.05) is 30.3 Å². The van der Waals surface area contributed by atoms with Crippen LogP contribution in [0.15, 0.2) is 42.5 Å². The van der Waals surface area contributed by atoms with E-state index in [1.807, 2.05) is 7.05 Å². The number of ether oxygens (including phenoxy) is 1. The lowest BCUT2D eigenvalue weighted by Gasteiger charge is -2.12. The number of hydrogen-bond donors (Lipinski definition) is 1. The van der Waals surface area contributed by atoms with Gasteiger partial charge in [0.2, 0.25) is 0 Å². The van der Waals surface area contributed by atoms with Crippen molar-refractivity contribution in [1.82, 2.24) is 5.32 Å². The fourth-order valence-corrected chi connectivity index (χ4v) is 2.38. The molecule has 2 nitrogen and oxygen atoms in total. The Hall–Kier alpha value is -1.80. The summed E-state index contributed by atoms with van der Waals surface area (Å²) in [4.78, 5) is 0. The lowest BCUT2D eigenvalue weighted by atomic mass is 10.1. The minimum Gasteiger partial charge on any atom is -0.489 e. The Kier molecular flexibility index (Phi) is 5.19. The summed E-state index contributed by atoms with van der Waals surface area (Å²) in [5.74, 6) is 0.950. The van der Waals surface area contributed by atoms with Crippen molar-refractivity contribution < 1.29 is 4.74 Å². The first-order chi connectivity index (χ1) is 9.69. The van der Waals surface area contributed by atoms with Crippen LogP contribution in [0.4, 0.5) is 0 Å². The zero-order valence-corrected chi connectivity index (χ0v) is 12.6. The van der Waals surface area contributed by atoms with Gasteiger partial charge in [0.1, 0.15) is 12.4 Å². The van der Waals surface area contributed by atoms with Crippen molar-refractivity contribution in [2.45, 2.75) is 26.9 Å². The van der Waals surface area contributed by atoms with E-state index in [9.17, 15) is 0 Å². The number of likely N-dealkylation sites (N-methyl/N-ethyl adjacent to an activating group) is 1. The monoisotopic (exact) mass is 269 g/mol. The fourth-order valence-electron chi connectivity index (χ4n) is 2.38. The number of aryl methyl sites for hydroxylation is 2. The van der Waals surface area contributed by atoms with E-state index in [2.05, 4.69) is 61.6 Å². The first kappa shape index (κ1) is 14.6. The van der Waals surface area contributed by atoms with E-state index in [-0.39, 0.29) is 0 Å². The van der Waals surface area contributed by atoms with E-state index in [1.165, 1.54) is 22.3 Å². The third kappa shape index (κ3) is 4.10. The third-order valence-corrected chi connectivity index (χ3v) is 3.35. The first-order valence-corrected chi connectivity index (χ1v) is 7.11. The minimum atomic E-state index is 0.628. The van der Waals surface area contributed by atoms with Crippen LogP contribution in [0.3, 0.4) is 0 Å². The molecule has 1 N–H and O–H groups in total. The summed E-state index contributed by atoms with van der Waals surface area (Å²) in [6.07, 6.45) is 1.03. The molecule has 0 amide bonds. The number of hydrogen-bond acceptors (Lipinski definition) is 2. The van der Waals surface area contributed by atoms with Gasteiger partial charge in [-0.2, -0.15) is 0 Å². The average molecular weight is 269 g/mol. The summed E-state index contributed by atoms with van der Waals surface area (Å²) in [5.41, 5.74) is 5.10. The Morgan fingerprint density at radius 2 is 1.60 bits per heavy atom. The van der Waals surface area contributed by atoms with Crippen LogP contribution in [0.2, 0.25) is 0 Å². The lowest BCUT2D eigenvalue weighted by molar-refractivity contribution is 0.304. The van der Waals surface area contributed by atoms with Gasteiger partial charge < -0.3 is 10.1 Å². The molecule has 0 heterocycles. The van der Waals surface area contributed by atoms with Gasteiger partial charge in [-0.3, -0.25) is 0 Å². The molecule has 0 atom stereocenters. The zero-order chi connectivity index (χ0) is 14.4. The van der Waals surface area contributed by atoms with Gasteiger partial charge in [0, 0.05) is 0 Å². The number of benzene rings is 2. The van der Waals surface area contributed by atoms with Crippen molar-refractivity contribution in [2.24, 2.45) is 0 Å². The van der Waals surface area contributed by atoms with Crippen LogP contribution in [0.25, 0.3) is 0 Å². The van der Waals surface area contributed by atoms with E-state index in [1.54, 1.807) is 0 Å². The predicted octanol–water partition coefficient (Wildman–Crippen LogP) is 3.64. The van der Waals surface area contributed by atoms with Gasteiger partial charge in [-0.25, -0.2) is 0 Å². The fraction of sp³-hybridized carbons (Fsp3) is 0.333. The molecular weight excluding hydrogens is 246 g/mol. The zero-order valence-electron chi connectivity index (χ0n) is 12.6. The van der Waals surface area contributed by atoms with Crippen molar-refractivity contribution >= 4 is 0 Å². The minimum absolute atomic E-state index is 0.628. The first-order valence-electron chi connectivity index (χ1n) is 7.11. The Morgan fingerprint density at radius 1 is 0.950 bits per heavy atom. The van der Waals surface area contributed by atoms with Gasteiger partial charge in [-0.15, -0.1) is 0 Å². The highest BCUT2D eigenvalue weighted by Gasteiger charge is 2.03. The topological polar surface area (TPSA) is 21.3 Å². The maximum Gasteiger partial charge on any atom is 0.120 e. The highest BCUT2D eigenvalue weighted by Crippen LogP contribution is 2.19. The molecule has 2 aromatic rings. The molecule has 106 valence electrons. The quantitative estimate of drug-likeness (QED) is 0.864. The van der Waals surface area contributed by atoms with E-state index in [0.717, 1.165) is 18.7 Å². The molecule has 2 aromatic carbocycles.